The van der Waals surface area contributed by atoms with Crippen LogP contribution in [0.5, 0.6) is 0 Å². The molecule has 0 radical (unpaired) electrons. The first-order valence-electron chi connectivity index (χ1n) is 3.84. The van der Waals surface area contributed by atoms with Gasteiger partial charge in [0.05, 0.1) is 6.54 Å². The van der Waals surface area contributed by atoms with Crippen LogP contribution in [0.25, 0.3) is 0 Å². The Bertz CT molecular complexity index is 168. The smallest absolute Gasteiger partial charge is 0.333 e. The van der Waals surface area contributed by atoms with Crippen molar-refractivity contribution >= 4 is 5.97 Å². The van der Waals surface area contributed by atoms with Crippen LogP contribution in [0, 0.1) is 0 Å². The molecule has 0 aromatic heterocycles. The second kappa shape index (κ2) is 5.74. The molecule has 0 aliphatic carbocycles. The van der Waals surface area contributed by atoms with Gasteiger partial charge in [-0.2, -0.15) is 5.06 Å². The number of carbonyl (C=O) groups is 1. The van der Waals surface area contributed by atoms with Gasteiger partial charge in [0.2, 0.25) is 0 Å². The van der Waals surface area contributed by atoms with E-state index in [1.54, 1.807) is 13.8 Å². The Balaban J connectivity index is 3.44. The summed E-state index contributed by atoms with van der Waals surface area (Å²) in [5.41, 5.74) is 0.371. The van der Waals surface area contributed by atoms with E-state index >= 15 is 0 Å². The van der Waals surface area contributed by atoms with Crippen LogP contribution in [-0.4, -0.2) is 35.9 Å². The maximum Gasteiger partial charge on any atom is 0.333 e. The molecule has 0 aliphatic heterocycles. The van der Waals surface area contributed by atoms with Crippen molar-refractivity contribution in [3.05, 3.63) is 12.2 Å². The van der Waals surface area contributed by atoms with Crippen LogP contribution in [0.2, 0.25) is 0 Å². The Labute approximate surface area is 72.4 Å². The molecule has 0 saturated heterocycles. The van der Waals surface area contributed by atoms with E-state index in [1.807, 2.05) is 0 Å². The summed E-state index contributed by atoms with van der Waals surface area (Å²) in [5, 5.41) is 10.0. The second-order valence-electron chi connectivity index (χ2n) is 2.46. The molecule has 4 heteroatoms. The number of rotatable bonds is 5. The lowest BCUT2D eigenvalue weighted by Gasteiger charge is -2.11. The minimum atomic E-state index is -0.417. The molecule has 0 aromatic rings. The molecule has 0 spiro atoms. The lowest BCUT2D eigenvalue weighted by Crippen LogP contribution is -2.24. The maximum atomic E-state index is 10.8. The monoisotopic (exact) mass is 173 g/mol. The topological polar surface area (TPSA) is 49.8 Å². The predicted molar refractivity (Wildman–Crippen MR) is 44.8 cm³/mol. The zero-order valence-electron chi connectivity index (χ0n) is 7.54. The quantitative estimate of drug-likeness (QED) is 0.380. The molecule has 0 atom stereocenters. The fourth-order valence-electron chi connectivity index (χ4n) is 0.525. The van der Waals surface area contributed by atoms with E-state index in [1.165, 1.54) is 0 Å². The number of ether oxygens (including phenoxy) is 1. The van der Waals surface area contributed by atoms with E-state index in [2.05, 4.69) is 6.58 Å². The standard InChI is InChI=1S/C8H15NO3/c1-4-9(11)5-6-12-8(10)7(2)3/h11H,2,4-6H2,1,3H3. The summed E-state index contributed by atoms with van der Waals surface area (Å²) < 4.78 is 4.74. The Morgan fingerprint density at radius 3 is 2.67 bits per heavy atom. The van der Waals surface area contributed by atoms with Crippen LogP contribution in [0.1, 0.15) is 13.8 Å². The molecule has 1 N–H and O–H groups in total. The summed E-state index contributed by atoms with van der Waals surface area (Å²) in [6.45, 7) is 7.85. The summed E-state index contributed by atoms with van der Waals surface area (Å²) in [6.07, 6.45) is 0. The fourth-order valence-corrected chi connectivity index (χ4v) is 0.525. The zero-order chi connectivity index (χ0) is 9.56. The van der Waals surface area contributed by atoms with Crippen LogP contribution in [0.3, 0.4) is 0 Å². The molecule has 70 valence electrons. The number of hydrogen-bond donors (Lipinski definition) is 1. The first kappa shape index (κ1) is 11.1. The fraction of sp³-hybridized carbons (Fsp3) is 0.625. The molecule has 0 bridgehead atoms. The van der Waals surface area contributed by atoms with Crippen molar-refractivity contribution in [1.29, 1.82) is 0 Å². The highest BCUT2D eigenvalue weighted by atomic mass is 16.5. The van der Waals surface area contributed by atoms with Gasteiger partial charge in [-0.25, -0.2) is 4.79 Å². The van der Waals surface area contributed by atoms with Crippen molar-refractivity contribution in [2.45, 2.75) is 13.8 Å². The highest BCUT2D eigenvalue weighted by Gasteiger charge is 2.03. The van der Waals surface area contributed by atoms with Crippen molar-refractivity contribution in [2.75, 3.05) is 19.7 Å². The molecule has 0 aliphatic rings. The number of hydroxylamine groups is 2. The largest absolute Gasteiger partial charge is 0.461 e. The molecule has 12 heavy (non-hydrogen) atoms. The molecule has 0 aromatic carbocycles. The van der Waals surface area contributed by atoms with Gasteiger partial charge < -0.3 is 9.94 Å². The van der Waals surface area contributed by atoms with Gasteiger partial charge in [0.1, 0.15) is 6.61 Å². The van der Waals surface area contributed by atoms with Gasteiger partial charge in [-0.15, -0.1) is 0 Å². The third kappa shape index (κ3) is 4.87. The van der Waals surface area contributed by atoms with Gasteiger partial charge in [-0.1, -0.05) is 13.5 Å². The average molecular weight is 173 g/mol. The normalized spacial score (nSPS) is 10.0. The number of likely N-dealkylation sites (N-methyl/N-ethyl adjacent to an activating group) is 1. The van der Waals surface area contributed by atoms with E-state index in [0.29, 0.717) is 18.7 Å². The van der Waals surface area contributed by atoms with E-state index in [-0.39, 0.29) is 6.61 Å². The summed E-state index contributed by atoms with van der Waals surface area (Å²) in [4.78, 5) is 10.8. The molecule has 0 fully saturated rings. The Morgan fingerprint density at radius 1 is 1.67 bits per heavy atom. The molecule has 0 unspecified atom stereocenters. The Morgan fingerprint density at radius 2 is 2.25 bits per heavy atom. The van der Waals surface area contributed by atoms with E-state index in [0.717, 1.165) is 5.06 Å². The Hall–Kier alpha value is -0.870. The minimum Gasteiger partial charge on any atom is -0.461 e. The number of hydrogen-bond acceptors (Lipinski definition) is 4. The summed E-state index contributed by atoms with van der Waals surface area (Å²) in [7, 11) is 0. The summed E-state index contributed by atoms with van der Waals surface area (Å²) in [5.74, 6) is -0.417. The van der Waals surface area contributed by atoms with Crippen molar-refractivity contribution in [3.8, 4) is 0 Å². The number of nitrogens with zero attached hydrogens (tertiary/aromatic N) is 1. The molecular weight excluding hydrogens is 158 g/mol. The van der Waals surface area contributed by atoms with Crippen LogP contribution in [-0.2, 0) is 9.53 Å². The van der Waals surface area contributed by atoms with Crippen LogP contribution < -0.4 is 0 Å². The molecule has 0 heterocycles. The summed E-state index contributed by atoms with van der Waals surface area (Å²) in [6, 6.07) is 0. The second-order valence-corrected chi connectivity index (χ2v) is 2.46. The first-order valence-corrected chi connectivity index (χ1v) is 3.84. The highest BCUT2D eigenvalue weighted by molar-refractivity contribution is 5.86. The lowest BCUT2D eigenvalue weighted by molar-refractivity contribution is -0.144. The average Bonchev–Trinajstić information content (AvgIpc) is 2.03. The van der Waals surface area contributed by atoms with Gasteiger partial charge in [0.15, 0.2) is 0 Å². The van der Waals surface area contributed by atoms with Crippen LogP contribution >= 0.6 is 0 Å². The maximum absolute atomic E-state index is 10.8. The highest BCUT2D eigenvalue weighted by Crippen LogP contribution is 1.91. The molecule has 0 rings (SSSR count). The third-order valence-electron chi connectivity index (χ3n) is 1.30. The van der Waals surface area contributed by atoms with Gasteiger partial charge in [0, 0.05) is 12.1 Å². The first-order chi connectivity index (χ1) is 5.57. The third-order valence-corrected chi connectivity index (χ3v) is 1.30. The SMILES string of the molecule is C=C(C)C(=O)OCCN(O)CC. The number of carbonyl (C=O) groups excluding carboxylic acids is 1. The van der Waals surface area contributed by atoms with E-state index < -0.39 is 5.97 Å². The number of esters is 1. The molecule has 0 saturated carbocycles. The van der Waals surface area contributed by atoms with Crippen LogP contribution in [0.4, 0.5) is 0 Å². The van der Waals surface area contributed by atoms with Crippen LogP contribution in [0.15, 0.2) is 12.2 Å². The van der Waals surface area contributed by atoms with Crippen molar-refractivity contribution < 1.29 is 14.7 Å². The lowest BCUT2D eigenvalue weighted by atomic mass is 10.4. The van der Waals surface area contributed by atoms with Gasteiger partial charge in [-0.05, 0) is 6.92 Å². The zero-order valence-corrected chi connectivity index (χ0v) is 7.54. The van der Waals surface area contributed by atoms with Gasteiger partial charge >= 0.3 is 5.97 Å². The van der Waals surface area contributed by atoms with Gasteiger partial charge in [0.25, 0.3) is 0 Å². The van der Waals surface area contributed by atoms with E-state index in [9.17, 15) is 4.79 Å². The van der Waals surface area contributed by atoms with Crippen molar-refractivity contribution in [2.24, 2.45) is 0 Å². The predicted octanol–water partition coefficient (Wildman–Crippen LogP) is 0.817. The van der Waals surface area contributed by atoms with Gasteiger partial charge in [-0.3, -0.25) is 0 Å². The molecule has 4 nitrogen and oxygen atoms in total. The summed E-state index contributed by atoms with van der Waals surface area (Å²) >= 11 is 0. The molecule has 0 amide bonds. The minimum absolute atomic E-state index is 0.191. The molecular formula is C8H15NO3. The van der Waals surface area contributed by atoms with Crippen molar-refractivity contribution in [1.82, 2.24) is 5.06 Å². The Kier molecular flexibility index (Phi) is 5.32. The van der Waals surface area contributed by atoms with E-state index in [4.69, 9.17) is 9.94 Å². The van der Waals surface area contributed by atoms with Crippen molar-refractivity contribution in [3.63, 3.8) is 0 Å².